The van der Waals surface area contributed by atoms with Crippen molar-refractivity contribution in [2.45, 2.75) is 31.7 Å². The molecule has 0 atom stereocenters. The van der Waals surface area contributed by atoms with Gasteiger partial charge in [0.15, 0.2) is 0 Å². The van der Waals surface area contributed by atoms with E-state index in [0.717, 1.165) is 22.9 Å². The molecule has 0 radical (unpaired) electrons. The molecule has 0 aliphatic carbocycles. The molecule has 2 N–H and O–H groups in total. The van der Waals surface area contributed by atoms with Gasteiger partial charge in [0.25, 0.3) is 0 Å². The lowest BCUT2D eigenvalue weighted by Gasteiger charge is -2.12. The van der Waals surface area contributed by atoms with Crippen LogP contribution in [0.5, 0.6) is 0 Å². The Balaban J connectivity index is 2.15. The molecule has 0 saturated carbocycles. The van der Waals surface area contributed by atoms with Gasteiger partial charge in [0.1, 0.15) is 9.90 Å². The van der Waals surface area contributed by atoms with Crippen LogP contribution in [0.25, 0.3) is 0 Å². The molecule has 0 aliphatic heterocycles. The van der Waals surface area contributed by atoms with Crippen molar-refractivity contribution in [1.82, 2.24) is 9.71 Å². The number of sulfonamides is 1. The standard InChI is InChI=1S/C14H19N3O2S2/c1-3-8-15-12-6-4-5-7-13(12)21(18,19)17-10-14-16-9-11(2)20-14/h4-7,9,15,17H,3,8,10H2,1-2H3. The highest BCUT2D eigenvalue weighted by atomic mass is 32.2. The second kappa shape index (κ2) is 7.02. The molecule has 0 saturated heterocycles. The summed E-state index contributed by atoms with van der Waals surface area (Å²) in [6.45, 7) is 4.92. The lowest BCUT2D eigenvalue weighted by atomic mass is 10.3. The first-order valence-corrected chi connectivity index (χ1v) is 9.07. The highest BCUT2D eigenvalue weighted by Crippen LogP contribution is 2.21. The summed E-state index contributed by atoms with van der Waals surface area (Å²) in [6.07, 6.45) is 2.67. The molecule has 2 aromatic rings. The Hall–Kier alpha value is -1.44. The van der Waals surface area contributed by atoms with Crippen LogP contribution in [0.1, 0.15) is 23.2 Å². The number of rotatable bonds is 7. The first kappa shape index (κ1) is 15.9. The number of aryl methyl sites for hydroxylation is 1. The van der Waals surface area contributed by atoms with E-state index >= 15 is 0 Å². The van der Waals surface area contributed by atoms with Crippen LogP contribution in [-0.2, 0) is 16.6 Å². The van der Waals surface area contributed by atoms with Crippen molar-refractivity contribution in [1.29, 1.82) is 0 Å². The van der Waals surface area contributed by atoms with Crippen LogP contribution in [-0.4, -0.2) is 19.9 Å². The Morgan fingerprint density at radius 3 is 2.71 bits per heavy atom. The maximum absolute atomic E-state index is 12.4. The third kappa shape index (κ3) is 4.26. The molecule has 0 spiro atoms. The molecule has 1 aromatic carbocycles. The van der Waals surface area contributed by atoms with Gasteiger partial charge < -0.3 is 5.32 Å². The molecule has 2 rings (SSSR count). The summed E-state index contributed by atoms with van der Waals surface area (Å²) in [5.41, 5.74) is 0.627. The zero-order chi connectivity index (χ0) is 15.3. The van der Waals surface area contributed by atoms with E-state index < -0.39 is 10.0 Å². The van der Waals surface area contributed by atoms with E-state index in [9.17, 15) is 8.42 Å². The quantitative estimate of drug-likeness (QED) is 0.821. The molecular weight excluding hydrogens is 306 g/mol. The summed E-state index contributed by atoms with van der Waals surface area (Å²) < 4.78 is 27.4. The predicted molar refractivity (Wildman–Crippen MR) is 86.1 cm³/mol. The van der Waals surface area contributed by atoms with Crippen molar-refractivity contribution in [3.63, 3.8) is 0 Å². The highest BCUT2D eigenvalue weighted by molar-refractivity contribution is 7.89. The molecule has 0 fully saturated rings. The first-order valence-electron chi connectivity index (χ1n) is 6.77. The Morgan fingerprint density at radius 2 is 2.05 bits per heavy atom. The van der Waals surface area contributed by atoms with Crippen molar-refractivity contribution in [3.05, 3.63) is 40.3 Å². The monoisotopic (exact) mass is 325 g/mol. The van der Waals surface area contributed by atoms with Crippen LogP contribution in [0.2, 0.25) is 0 Å². The van der Waals surface area contributed by atoms with Gasteiger partial charge in [-0.05, 0) is 25.5 Å². The van der Waals surface area contributed by atoms with E-state index in [0.29, 0.717) is 5.69 Å². The fourth-order valence-electron chi connectivity index (χ4n) is 1.82. The zero-order valence-corrected chi connectivity index (χ0v) is 13.7. The molecule has 7 heteroatoms. The SMILES string of the molecule is CCCNc1ccccc1S(=O)(=O)NCc1ncc(C)s1. The molecular formula is C14H19N3O2S2. The fourth-order valence-corrected chi connectivity index (χ4v) is 3.81. The molecule has 1 aromatic heterocycles. The van der Waals surface area contributed by atoms with E-state index in [1.165, 1.54) is 11.3 Å². The Morgan fingerprint density at radius 1 is 1.29 bits per heavy atom. The van der Waals surface area contributed by atoms with E-state index in [-0.39, 0.29) is 11.4 Å². The van der Waals surface area contributed by atoms with Gasteiger partial charge in [0.05, 0.1) is 12.2 Å². The third-order valence-corrected chi connectivity index (χ3v) is 5.20. The average molecular weight is 325 g/mol. The van der Waals surface area contributed by atoms with E-state index in [1.807, 2.05) is 19.9 Å². The molecule has 114 valence electrons. The number of para-hydroxylation sites is 1. The molecule has 21 heavy (non-hydrogen) atoms. The number of hydrogen-bond acceptors (Lipinski definition) is 5. The second-order valence-electron chi connectivity index (χ2n) is 4.61. The molecule has 0 unspecified atom stereocenters. The maximum atomic E-state index is 12.4. The van der Waals surface area contributed by atoms with Gasteiger partial charge >= 0.3 is 0 Å². The largest absolute Gasteiger partial charge is 0.384 e. The summed E-state index contributed by atoms with van der Waals surface area (Å²) in [6, 6.07) is 6.92. The minimum atomic E-state index is -3.56. The predicted octanol–water partition coefficient (Wildman–Crippen LogP) is 2.75. The van der Waals surface area contributed by atoms with E-state index in [2.05, 4.69) is 15.0 Å². The normalized spacial score (nSPS) is 11.5. The van der Waals surface area contributed by atoms with Crippen molar-refractivity contribution < 1.29 is 8.42 Å². The van der Waals surface area contributed by atoms with Gasteiger partial charge in [-0.3, -0.25) is 0 Å². The lowest BCUT2D eigenvalue weighted by molar-refractivity contribution is 0.581. The highest BCUT2D eigenvalue weighted by Gasteiger charge is 2.18. The Bertz CT molecular complexity index is 696. The number of thiazole rings is 1. The topological polar surface area (TPSA) is 71.1 Å². The number of hydrogen-bond donors (Lipinski definition) is 2. The second-order valence-corrected chi connectivity index (χ2v) is 7.67. The summed E-state index contributed by atoms with van der Waals surface area (Å²) in [4.78, 5) is 5.49. The van der Waals surface area contributed by atoms with Gasteiger partial charge in [-0.15, -0.1) is 11.3 Å². The van der Waals surface area contributed by atoms with E-state index in [1.54, 1.807) is 24.4 Å². The minimum absolute atomic E-state index is 0.211. The van der Waals surface area contributed by atoms with Gasteiger partial charge in [-0.2, -0.15) is 0 Å². The number of nitrogens with zero attached hydrogens (tertiary/aromatic N) is 1. The maximum Gasteiger partial charge on any atom is 0.243 e. The molecule has 1 heterocycles. The van der Waals surface area contributed by atoms with Gasteiger partial charge in [0, 0.05) is 17.6 Å². The number of anilines is 1. The molecule has 0 bridgehead atoms. The summed E-state index contributed by atoms with van der Waals surface area (Å²) in [5, 5.41) is 3.90. The van der Waals surface area contributed by atoms with Gasteiger partial charge in [-0.25, -0.2) is 18.1 Å². The van der Waals surface area contributed by atoms with Crippen LogP contribution >= 0.6 is 11.3 Å². The van der Waals surface area contributed by atoms with Crippen molar-refractivity contribution >= 4 is 27.0 Å². The number of nitrogens with one attached hydrogen (secondary N) is 2. The lowest BCUT2D eigenvalue weighted by Crippen LogP contribution is -2.24. The molecule has 0 aliphatic rings. The minimum Gasteiger partial charge on any atom is -0.384 e. The van der Waals surface area contributed by atoms with Crippen LogP contribution in [0, 0.1) is 6.92 Å². The van der Waals surface area contributed by atoms with Gasteiger partial charge in [0.2, 0.25) is 10.0 Å². The van der Waals surface area contributed by atoms with Crippen LogP contribution in [0.15, 0.2) is 35.4 Å². The zero-order valence-electron chi connectivity index (χ0n) is 12.1. The molecule has 0 amide bonds. The summed E-state index contributed by atoms with van der Waals surface area (Å²) in [7, 11) is -3.56. The van der Waals surface area contributed by atoms with Gasteiger partial charge in [-0.1, -0.05) is 19.1 Å². The average Bonchev–Trinajstić information content (AvgIpc) is 2.89. The Labute approximate surface area is 129 Å². The fraction of sp³-hybridized carbons (Fsp3) is 0.357. The third-order valence-electron chi connectivity index (χ3n) is 2.82. The summed E-state index contributed by atoms with van der Waals surface area (Å²) in [5.74, 6) is 0. The number of benzene rings is 1. The van der Waals surface area contributed by atoms with Crippen LogP contribution < -0.4 is 10.0 Å². The van der Waals surface area contributed by atoms with E-state index in [4.69, 9.17) is 0 Å². The molecule has 5 nitrogen and oxygen atoms in total. The van der Waals surface area contributed by atoms with Crippen molar-refractivity contribution in [2.24, 2.45) is 0 Å². The smallest absolute Gasteiger partial charge is 0.243 e. The first-order chi connectivity index (χ1) is 10.0. The van der Waals surface area contributed by atoms with Crippen LogP contribution in [0.3, 0.4) is 0 Å². The van der Waals surface area contributed by atoms with Crippen molar-refractivity contribution in [3.8, 4) is 0 Å². The number of aromatic nitrogens is 1. The van der Waals surface area contributed by atoms with Crippen molar-refractivity contribution in [2.75, 3.05) is 11.9 Å². The summed E-state index contributed by atoms with van der Waals surface area (Å²) >= 11 is 1.49. The van der Waals surface area contributed by atoms with Crippen LogP contribution in [0.4, 0.5) is 5.69 Å². The Kier molecular flexibility index (Phi) is 5.33.